The Morgan fingerprint density at radius 1 is 1.24 bits per heavy atom. The summed E-state index contributed by atoms with van der Waals surface area (Å²) in [6, 6.07) is 6.29. The lowest BCUT2D eigenvalue weighted by Crippen LogP contribution is -2.40. The van der Waals surface area contributed by atoms with Gasteiger partial charge in [0.15, 0.2) is 0 Å². The first kappa shape index (κ1) is 17.6. The molecular weight excluding hydrogens is 346 g/mol. The van der Waals surface area contributed by atoms with E-state index in [2.05, 4.69) is 9.97 Å². The van der Waals surface area contributed by atoms with Crippen molar-refractivity contribution in [2.45, 2.75) is 11.0 Å². The maximum atomic E-state index is 12.9. The smallest absolute Gasteiger partial charge is 0.243 e. The van der Waals surface area contributed by atoms with Crippen molar-refractivity contribution >= 4 is 10.0 Å². The number of hydrogen-bond acceptors (Lipinski definition) is 7. The molecular formula is C16H19N3O5S. The van der Waals surface area contributed by atoms with E-state index in [9.17, 15) is 8.42 Å². The van der Waals surface area contributed by atoms with E-state index in [1.54, 1.807) is 12.1 Å². The summed E-state index contributed by atoms with van der Waals surface area (Å²) in [5.74, 6) is 0.932. The standard InChI is InChI=1S/C16H19N3O5S/c1-22-13-2-4-15(5-3-13)25(20,21)19-8-9-23-12-14(11-19)24-16-10-17-6-7-18-16/h2-7,10,14H,8-9,11-12H2,1H3/t14-/m1/s1. The lowest BCUT2D eigenvalue weighted by Gasteiger charge is -2.23. The molecule has 0 radical (unpaired) electrons. The van der Waals surface area contributed by atoms with Gasteiger partial charge in [-0.2, -0.15) is 4.31 Å². The first-order valence-electron chi connectivity index (χ1n) is 7.74. The lowest BCUT2D eigenvalue weighted by molar-refractivity contribution is 0.0694. The molecule has 1 aliphatic rings. The highest BCUT2D eigenvalue weighted by atomic mass is 32.2. The number of rotatable bonds is 5. The zero-order chi connectivity index (χ0) is 17.7. The van der Waals surface area contributed by atoms with Crippen molar-refractivity contribution < 1.29 is 22.6 Å². The summed E-state index contributed by atoms with van der Waals surface area (Å²) in [7, 11) is -2.12. The Hall–Kier alpha value is -2.23. The maximum absolute atomic E-state index is 12.9. The van der Waals surface area contributed by atoms with E-state index in [0.717, 1.165) is 0 Å². The van der Waals surface area contributed by atoms with E-state index in [0.29, 0.717) is 18.2 Å². The molecule has 1 saturated heterocycles. The van der Waals surface area contributed by atoms with Gasteiger partial charge in [0, 0.05) is 18.9 Å². The van der Waals surface area contributed by atoms with Gasteiger partial charge in [0.05, 0.1) is 38.0 Å². The van der Waals surface area contributed by atoms with Crippen LogP contribution in [0.2, 0.25) is 0 Å². The van der Waals surface area contributed by atoms with Crippen molar-refractivity contribution in [1.82, 2.24) is 14.3 Å². The van der Waals surface area contributed by atoms with Gasteiger partial charge in [0.1, 0.15) is 11.9 Å². The molecule has 3 rings (SSSR count). The van der Waals surface area contributed by atoms with Gasteiger partial charge in [-0.25, -0.2) is 13.4 Å². The van der Waals surface area contributed by atoms with Crippen LogP contribution in [-0.2, 0) is 14.8 Å². The Kier molecular flexibility index (Phi) is 5.47. The van der Waals surface area contributed by atoms with Crippen LogP contribution in [-0.4, -0.2) is 62.2 Å². The van der Waals surface area contributed by atoms with Crippen molar-refractivity contribution in [3.8, 4) is 11.6 Å². The summed E-state index contributed by atoms with van der Waals surface area (Å²) >= 11 is 0. The average molecular weight is 365 g/mol. The summed E-state index contributed by atoms with van der Waals surface area (Å²) < 4.78 is 43.4. The molecule has 1 aromatic heterocycles. The predicted octanol–water partition coefficient (Wildman–Crippen LogP) is 0.954. The van der Waals surface area contributed by atoms with Crippen LogP contribution in [0.4, 0.5) is 0 Å². The minimum Gasteiger partial charge on any atom is -0.497 e. The van der Waals surface area contributed by atoms with Crippen molar-refractivity contribution in [2.24, 2.45) is 0 Å². The summed E-state index contributed by atoms with van der Waals surface area (Å²) in [5, 5.41) is 0. The first-order chi connectivity index (χ1) is 12.1. The van der Waals surface area contributed by atoms with Crippen LogP contribution in [0.1, 0.15) is 0 Å². The van der Waals surface area contributed by atoms with Gasteiger partial charge >= 0.3 is 0 Å². The Morgan fingerprint density at radius 3 is 2.72 bits per heavy atom. The number of sulfonamides is 1. The van der Waals surface area contributed by atoms with Gasteiger partial charge in [-0.05, 0) is 24.3 Å². The largest absolute Gasteiger partial charge is 0.497 e. The van der Waals surface area contributed by atoms with Crippen LogP contribution in [0.15, 0.2) is 47.8 Å². The van der Waals surface area contributed by atoms with Crippen molar-refractivity contribution in [1.29, 1.82) is 0 Å². The summed E-state index contributed by atoms with van der Waals surface area (Å²) in [6.45, 7) is 1.01. The van der Waals surface area contributed by atoms with Gasteiger partial charge in [-0.1, -0.05) is 0 Å². The number of nitrogens with zero attached hydrogens (tertiary/aromatic N) is 3. The Morgan fingerprint density at radius 2 is 2.04 bits per heavy atom. The zero-order valence-corrected chi connectivity index (χ0v) is 14.6. The Labute approximate surface area is 146 Å². The molecule has 0 unspecified atom stereocenters. The number of benzene rings is 1. The SMILES string of the molecule is COc1ccc(S(=O)(=O)N2CCOC[C@H](Oc3cnccn3)C2)cc1. The molecule has 0 amide bonds. The molecule has 0 aliphatic carbocycles. The normalized spacial score (nSPS) is 19.2. The highest BCUT2D eigenvalue weighted by molar-refractivity contribution is 7.89. The van der Waals surface area contributed by atoms with Crippen molar-refractivity contribution in [2.75, 3.05) is 33.4 Å². The van der Waals surface area contributed by atoms with Crippen LogP contribution >= 0.6 is 0 Å². The van der Waals surface area contributed by atoms with Gasteiger partial charge in [-0.15, -0.1) is 0 Å². The Balaban J connectivity index is 1.77. The van der Waals surface area contributed by atoms with E-state index in [1.807, 2.05) is 0 Å². The lowest BCUT2D eigenvalue weighted by atomic mass is 10.3. The quantitative estimate of drug-likeness (QED) is 0.779. The van der Waals surface area contributed by atoms with Crippen LogP contribution in [0.25, 0.3) is 0 Å². The molecule has 1 aromatic carbocycles. The topological polar surface area (TPSA) is 90.9 Å². The van der Waals surface area contributed by atoms with Crippen LogP contribution in [0.3, 0.4) is 0 Å². The molecule has 2 heterocycles. The molecule has 9 heteroatoms. The van der Waals surface area contributed by atoms with Gasteiger partial charge in [0.2, 0.25) is 15.9 Å². The monoisotopic (exact) mass is 365 g/mol. The van der Waals surface area contributed by atoms with Crippen LogP contribution in [0.5, 0.6) is 11.6 Å². The fraction of sp³-hybridized carbons (Fsp3) is 0.375. The summed E-state index contributed by atoms with van der Waals surface area (Å²) in [6.07, 6.45) is 4.07. The molecule has 0 bridgehead atoms. The third-order valence-electron chi connectivity index (χ3n) is 3.72. The van der Waals surface area contributed by atoms with Gasteiger partial charge in [0.25, 0.3) is 0 Å². The van der Waals surface area contributed by atoms with Crippen LogP contribution < -0.4 is 9.47 Å². The van der Waals surface area contributed by atoms with Crippen LogP contribution in [0, 0.1) is 0 Å². The summed E-state index contributed by atoms with van der Waals surface area (Å²) in [4.78, 5) is 8.18. The molecule has 1 atom stereocenters. The van der Waals surface area contributed by atoms with E-state index in [4.69, 9.17) is 14.2 Å². The fourth-order valence-corrected chi connectivity index (χ4v) is 3.91. The average Bonchev–Trinajstić information content (AvgIpc) is 2.89. The number of aromatic nitrogens is 2. The second-order valence-corrected chi connectivity index (χ2v) is 7.33. The molecule has 1 fully saturated rings. The molecule has 25 heavy (non-hydrogen) atoms. The first-order valence-corrected chi connectivity index (χ1v) is 9.18. The number of methoxy groups -OCH3 is 1. The highest BCUT2D eigenvalue weighted by Gasteiger charge is 2.30. The third kappa shape index (κ3) is 4.25. The van der Waals surface area contributed by atoms with E-state index < -0.39 is 16.1 Å². The molecule has 0 saturated carbocycles. The number of hydrogen-bond donors (Lipinski definition) is 0. The van der Waals surface area contributed by atoms with Gasteiger partial charge < -0.3 is 14.2 Å². The predicted molar refractivity (Wildman–Crippen MR) is 89.0 cm³/mol. The molecule has 0 spiro atoms. The minimum absolute atomic E-state index is 0.172. The van der Waals surface area contributed by atoms with E-state index >= 15 is 0 Å². The van der Waals surface area contributed by atoms with Crippen molar-refractivity contribution in [3.63, 3.8) is 0 Å². The molecule has 2 aromatic rings. The van der Waals surface area contributed by atoms with Gasteiger partial charge in [-0.3, -0.25) is 4.98 Å². The molecule has 8 nitrogen and oxygen atoms in total. The second kappa shape index (κ2) is 7.77. The Bertz CT molecular complexity index is 783. The molecule has 0 N–H and O–H groups in total. The zero-order valence-electron chi connectivity index (χ0n) is 13.7. The maximum Gasteiger partial charge on any atom is 0.243 e. The second-order valence-electron chi connectivity index (χ2n) is 5.40. The highest BCUT2D eigenvalue weighted by Crippen LogP contribution is 2.21. The minimum atomic E-state index is -3.65. The summed E-state index contributed by atoms with van der Waals surface area (Å²) in [5.41, 5.74) is 0. The van der Waals surface area contributed by atoms with E-state index in [-0.39, 0.29) is 24.6 Å². The fourth-order valence-electron chi connectivity index (χ4n) is 2.46. The molecule has 1 aliphatic heterocycles. The van der Waals surface area contributed by atoms with Crippen molar-refractivity contribution in [3.05, 3.63) is 42.9 Å². The molecule has 134 valence electrons. The third-order valence-corrected chi connectivity index (χ3v) is 5.60. The van der Waals surface area contributed by atoms with E-state index in [1.165, 1.54) is 42.1 Å². The number of ether oxygens (including phenoxy) is 3.